The Morgan fingerprint density at radius 1 is 1.08 bits per heavy atom. The van der Waals surface area contributed by atoms with Crippen molar-refractivity contribution in [1.29, 1.82) is 0 Å². The van der Waals surface area contributed by atoms with Gasteiger partial charge in [0, 0.05) is 24.0 Å². The van der Waals surface area contributed by atoms with Crippen molar-refractivity contribution >= 4 is 17.5 Å². The van der Waals surface area contributed by atoms with Crippen LogP contribution in [0.2, 0.25) is 0 Å². The Kier molecular flexibility index (Phi) is 6.07. The van der Waals surface area contributed by atoms with Gasteiger partial charge in [0.1, 0.15) is 5.69 Å². The Morgan fingerprint density at radius 3 is 2.62 bits per heavy atom. The van der Waals surface area contributed by atoms with Crippen molar-refractivity contribution in [3.63, 3.8) is 0 Å². The topological polar surface area (TPSA) is 71.1 Å². The number of pyridine rings is 1. The van der Waals surface area contributed by atoms with Gasteiger partial charge in [0.2, 0.25) is 0 Å². The van der Waals surface area contributed by atoms with E-state index in [-0.39, 0.29) is 17.5 Å². The number of hydrogen-bond donors (Lipinski definition) is 2. The second-order valence-corrected chi connectivity index (χ2v) is 5.81. The van der Waals surface area contributed by atoms with Crippen LogP contribution >= 0.6 is 0 Å². The zero-order valence-electron chi connectivity index (χ0n) is 14.3. The van der Waals surface area contributed by atoms with Gasteiger partial charge in [-0.25, -0.2) is 0 Å². The minimum absolute atomic E-state index is 0.250. The van der Waals surface area contributed by atoms with Gasteiger partial charge in [-0.2, -0.15) is 0 Å². The van der Waals surface area contributed by atoms with Crippen LogP contribution in [0.5, 0.6) is 0 Å². The molecule has 0 aliphatic carbocycles. The molecule has 5 heteroatoms. The predicted octanol–water partition coefficient (Wildman–Crippen LogP) is 3.48. The van der Waals surface area contributed by atoms with Gasteiger partial charge in [-0.1, -0.05) is 25.5 Å². The van der Waals surface area contributed by atoms with E-state index < -0.39 is 0 Å². The van der Waals surface area contributed by atoms with E-state index in [0.717, 1.165) is 29.7 Å². The van der Waals surface area contributed by atoms with E-state index >= 15 is 0 Å². The van der Waals surface area contributed by atoms with Crippen molar-refractivity contribution in [3.8, 4) is 0 Å². The summed E-state index contributed by atoms with van der Waals surface area (Å²) in [7, 11) is 0. The number of nitrogens with one attached hydrogen (secondary N) is 2. The number of rotatable bonds is 6. The summed E-state index contributed by atoms with van der Waals surface area (Å²) in [6.45, 7) is 6.58. The number of anilines is 1. The summed E-state index contributed by atoms with van der Waals surface area (Å²) in [5, 5.41) is 5.69. The third-order valence-corrected chi connectivity index (χ3v) is 3.71. The molecule has 0 aliphatic heterocycles. The molecule has 2 aromatic rings. The summed E-state index contributed by atoms with van der Waals surface area (Å²) in [5.41, 5.74) is 3.49. The minimum Gasteiger partial charge on any atom is -0.351 e. The maximum atomic E-state index is 12.4. The van der Waals surface area contributed by atoms with Gasteiger partial charge in [-0.15, -0.1) is 0 Å². The van der Waals surface area contributed by atoms with Gasteiger partial charge in [-0.05, 0) is 49.6 Å². The van der Waals surface area contributed by atoms with E-state index in [4.69, 9.17) is 0 Å². The predicted molar refractivity (Wildman–Crippen MR) is 95.3 cm³/mol. The van der Waals surface area contributed by atoms with Gasteiger partial charge in [-0.3, -0.25) is 14.6 Å². The molecule has 0 bridgehead atoms. The van der Waals surface area contributed by atoms with Crippen LogP contribution in [0.15, 0.2) is 36.5 Å². The van der Waals surface area contributed by atoms with Crippen molar-refractivity contribution < 1.29 is 9.59 Å². The highest BCUT2D eigenvalue weighted by Crippen LogP contribution is 2.17. The zero-order valence-corrected chi connectivity index (χ0v) is 14.3. The molecule has 2 rings (SSSR count). The smallest absolute Gasteiger partial charge is 0.269 e. The first kappa shape index (κ1) is 17.7. The van der Waals surface area contributed by atoms with Crippen molar-refractivity contribution in [2.24, 2.45) is 0 Å². The van der Waals surface area contributed by atoms with E-state index in [1.54, 1.807) is 6.07 Å². The fourth-order valence-electron chi connectivity index (χ4n) is 2.23. The Hall–Kier alpha value is -2.69. The molecule has 0 aliphatic rings. The van der Waals surface area contributed by atoms with Crippen molar-refractivity contribution in [2.75, 3.05) is 11.9 Å². The van der Waals surface area contributed by atoms with Gasteiger partial charge in [0.05, 0.1) is 0 Å². The fraction of sp³-hybridized carbons (Fsp3) is 0.316. The number of amides is 2. The van der Waals surface area contributed by atoms with E-state index in [9.17, 15) is 9.59 Å². The van der Waals surface area contributed by atoms with Crippen LogP contribution in [0, 0.1) is 13.8 Å². The molecule has 1 aromatic carbocycles. The highest BCUT2D eigenvalue weighted by Gasteiger charge is 2.12. The number of nitrogens with zero attached hydrogens (tertiary/aromatic N) is 1. The minimum atomic E-state index is -0.259. The van der Waals surface area contributed by atoms with E-state index in [1.807, 2.05) is 32.0 Å². The average Bonchev–Trinajstić information content (AvgIpc) is 2.58. The quantitative estimate of drug-likeness (QED) is 0.799. The second-order valence-electron chi connectivity index (χ2n) is 5.81. The van der Waals surface area contributed by atoms with Crippen LogP contribution in [-0.4, -0.2) is 23.3 Å². The fourth-order valence-corrected chi connectivity index (χ4v) is 2.23. The molecule has 1 heterocycles. The number of aryl methyl sites for hydroxylation is 2. The van der Waals surface area contributed by atoms with Gasteiger partial charge in [0.15, 0.2) is 0 Å². The molecule has 0 spiro atoms. The second kappa shape index (κ2) is 8.24. The summed E-state index contributed by atoms with van der Waals surface area (Å²) in [6.07, 6.45) is 3.40. The van der Waals surface area contributed by atoms with Crippen LogP contribution in [0.25, 0.3) is 0 Å². The normalized spacial score (nSPS) is 10.3. The molecule has 0 radical (unpaired) electrons. The summed E-state index contributed by atoms with van der Waals surface area (Å²) in [5.74, 6) is -0.515. The summed E-state index contributed by atoms with van der Waals surface area (Å²) < 4.78 is 0. The van der Waals surface area contributed by atoms with Crippen LogP contribution in [0.3, 0.4) is 0 Å². The maximum Gasteiger partial charge on any atom is 0.269 e. The third-order valence-electron chi connectivity index (χ3n) is 3.71. The lowest BCUT2D eigenvalue weighted by atomic mass is 10.1. The largest absolute Gasteiger partial charge is 0.351 e. The average molecular weight is 325 g/mol. The molecule has 0 saturated heterocycles. The van der Waals surface area contributed by atoms with E-state index in [1.165, 1.54) is 12.3 Å². The number of hydrogen-bond acceptors (Lipinski definition) is 3. The Balaban J connectivity index is 2.11. The van der Waals surface area contributed by atoms with Gasteiger partial charge >= 0.3 is 0 Å². The molecule has 2 N–H and O–H groups in total. The first-order chi connectivity index (χ1) is 11.5. The molecule has 126 valence electrons. The first-order valence-electron chi connectivity index (χ1n) is 8.14. The van der Waals surface area contributed by atoms with Crippen molar-refractivity contribution in [2.45, 2.75) is 33.6 Å². The lowest BCUT2D eigenvalue weighted by Gasteiger charge is -2.10. The third kappa shape index (κ3) is 4.65. The summed E-state index contributed by atoms with van der Waals surface area (Å²) >= 11 is 0. The number of carbonyl (C=O) groups excluding carboxylic acids is 2. The monoisotopic (exact) mass is 325 g/mol. The van der Waals surface area contributed by atoms with Gasteiger partial charge in [0.25, 0.3) is 11.8 Å². The van der Waals surface area contributed by atoms with E-state index in [2.05, 4.69) is 22.5 Å². The zero-order chi connectivity index (χ0) is 17.5. The molecule has 24 heavy (non-hydrogen) atoms. The molecule has 5 nitrogen and oxygen atoms in total. The summed E-state index contributed by atoms with van der Waals surface area (Å²) in [6, 6.07) is 9.00. The van der Waals surface area contributed by atoms with Crippen LogP contribution in [0.1, 0.15) is 51.7 Å². The van der Waals surface area contributed by atoms with Crippen LogP contribution < -0.4 is 10.6 Å². The molecule has 2 amide bonds. The highest BCUT2D eigenvalue weighted by atomic mass is 16.2. The lowest BCUT2D eigenvalue weighted by Crippen LogP contribution is -2.25. The molecule has 0 unspecified atom stereocenters. The number of unbranched alkanes of at least 4 members (excludes halogenated alkanes) is 1. The van der Waals surface area contributed by atoms with Crippen LogP contribution in [-0.2, 0) is 0 Å². The standard InChI is InChI=1S/C19H23N3O2/c1-4-5-9-21-19(24)17-12-15(8-10-20-17)18(23)22-16-11-13(2)6-7-14(16)3/h6-8,10-12H,4-5,9H2,1-3H3,(H,21,24)(H,22,23). The molecule has 0 fully saturated rings. The molecule has 1 aromatic heterocycles. The Morgan fingerprint density at radius 2 is 1.88 bits per heavy atom. The summed E-state index contributed by atoms with van der Waals surface area (Å²) in [4.78, 5) is 28.5. The first-order valence-corrected chi connectivity index (χ1v) is 8.14. The maximum absolute atomic E-state index is 12.4. The molecular formula is C19H23N3O2. The SMILES string of the molecule is CCCCNC(=O)c1cc(C(=O)Nc2cc(C)ccc2C)ccn1. The number of benzene rings is 1. The Labute approximate surface area is 142 Å². The highest BCUT2D eigenvalue weighted by molar-refractivity contribution is 6.06. The van der Waals surface area contributed by atoms with Crippen molar-refractivity contribution in [1.82, 2.24) is 10.3 Å². The van der Waals surface area contributed by atoms with E-state index in [0.29, 0.717) is 12.1 Å². The molecule has 0 atom stereocenters. The van der Waals surface area contributed by atoms with Crippen molar-refractivity contribution in [3.05, 3.63) is 58.9 Å². The number of aromatic nitrogens is 1. The Bertz CT molecular complexity index is 741. The lowest BCUT2D eigenvalue weighted by molar-refractivity contribution is 0.0948. The molecule has 0 saturated carbocycles. The van der Waals surface area contributed by atoms with Gasteiger partial charge < -0.3 is 10.6 Å². The van der Waals surface area contributed by atoms with Crippen LogP contribution in [0.4, 0.5) is 5.69 Å². The molecular weight excluding hydrogens is 302 g/mol. The number of carbonyl (C=O) groups is 2.